The van der Waals surface area contributed by atoms with E-state index in [1.165, 1.54) is 12.1 Å². The van der Waals surface area contributed by atoms with Gasteiger partial charge in [-0.25, -0.2) is 0 Å². The van der Waals surface area contributed by atoms with Gasteiger partial charge in [0, 0.05) is 39.6 Å². The Bertz CT molecular complexity index is 836. The number of hydrogen-bond donors (Lipinski definition) is 1. The second-order valence-electron chi connectivity index (χ2n) is 4.72. The fraction of sp³-hybridized carbons (Fsp3) is 0.0625. The van der Waals surface area contributed by atoms with Crippen LogP contribution in [0.1, 0.15) is 0 Å². The third kappa shape index (κ3) is 4.00. The maximum absolute atomic E-state index is 12.6. The van der Waals surface area contributed by atoms with Crippen LogP contribution < -0.4 is 10.1 Å². The molecule has 23 heavy (non-hydrogen) atoms. The molecule has 3 nitrogen and oxygen atoms in total. The first kappa shape index (κ1) is 15.8. The smallest absolute Gasteiger partial charge is 0.420 e. The molecule has 0 amide bonds. The number of nitrogens with zero attached hydrogens (tertiary/aromatic N) is 1. The predicted octanol–water partition coefficient (Wildman–Crippen LogP) is 5.80. The molecule has 7 heteroatoms. The minimum absolute atomic E-state index is 0.0260. The summed E-state index contributed by atoms with van der Waals surface area (Å²) < 4.78 is 29.4. The number of halogens is 4. The fourth-order valence-electron chi connectivity index (χ4n) is 2.13. The maximum Gasteiger partial charge on any atom is 0.487 e. The van der Waals surface area contributed by atoms with Crippen LogP contribution in [0.15, 0.2) is 54.7 Å². The number of ether oxygens (including phenoxy) is 1. The number of fused-ring (bicyclic) bond motifs is 1. The molecule has 1 aromatic heterocycles. The lowest BCUT2D eigenvalue weighted by Crippen LogP contribution is -2.15. The number of nitrogens with one attached hydrogen (secondary N) is 1. The number of aromatic nitrogens is 1. The van der Waals surface area contributed by atoms with Gasteiger partial charge in [-0.2, -0.15) is 0 Å². The van der Waals surface area contributed by atoms with Crippen molar-refractivity contribution in [2.45, 2.75) is 5.57 Å². The number of rotatable bonds is 4. The van der Waals surface area contributed by atoms with E-state index in [4.69, 9.17) is 23.2 Å². The normalized spacial score (nSPS) is 11.5. The Morgan fingerprint density at radius 1 is 1.04 bits per heavy atom. The van der Waals surface area contributed by atoms with Gasteiger partial charge < -0.3 is 10.1 Å². The van der Waals surface area contributed by atoms with Crippen molar-refractivity contribution in [3.8, 4) is 5.75 Å². The second kappa shape index (κ2) is 6.18. The maximum atomic E-state index is 12.6. The van der Waals surface area contributed by atoms with Crippen LogP contribution in [0.3, 0.4) is 0 Å². The molecule has 0 aliphatic heterocycles. The molecule has 118 valence electrons. The number of pyridine rings is 1. The van der Waals surface area contributed by atoms with Gasteiger partial charge in [0.1, 0.15) is 5.75 Å². The molecule has 1 N–H and O–H groups in total. The highest BCUT2D eigenvalue weighted by molar-refractivity contribution is 6.31. The summed E-state index contributed by atoms with van der Waals surface area (Å²) in [5.74, 6) is -0.0260. The van der Waals surface area contributed by atoms with Gasteiger partial charge in [-0.15, -0.1) is 8.78 Å². The lowest BCUT2D eigenvalue weighted by atomic mass is 10.2. The number of benzene rings is 2. The first-order valence-electron chi connectivity index (χ1n) is 6.58. The molecule has 0 atom stereocenters. The summed E-state index contributed by atoms with van der Waals surface area (Å²) in [6.45, 7) is 0. The Labute approximate surface area is 140 Å². The quantitative estimate of drug-likeness (QED) is 0.601. The zero-order valence-electron chi connectivity index (χ0n) is 11.6. The molecule has 0 saturated carbocycles. The average molecular weight is 355 g/mol. The van der Waals surface area contributed by atoms with Crippen molar-refractivity contribution >= 4 is 45.5 Å². The van der Waals surface area contributed by atoms with E-state index < -0.39 is 5.57 Å². The van der Waals surface area contributed by atoms with Gasteiger partial charge >= 0.3 is 5.57 Å². The molecule has 1 heterocycles. The van der Waals surface area contributed by atoms with E-state index in [0.29, 0.717) is 10.7 Å². The third-order valence-electron chi connectivity index (χ3n) is 3.07. The topological polar surface area (TPSA) is 34.1 Å². The summed E-state index contributed by atoms with van der Waals surface area (Å²) in [6, 6.07) is 13.2. The zero-order valence-corrected chi connectivity index (χ0v) is 13.1. The highest BCUT2D eigenvalue weighted by atomic mass is 35.5. The molecule has 0 radical (unpaired) electrons. The van der Waals surface area contributed by atoms with Gasteiger partial charge in [0.25, 0.3) is 0 Å². The first-order chi connectivity index (χ1) is 10.9. The van der Waals surface area contributed by atoms with Crippen LogP contribution in [0.25, 0.3) is 10.9 Å². The van der Waals surface area contributed by atoms with Gasteiger partial charge in [0.05, 0.1) is 5.52 Å². The Hall–Kier alpha value is -2.11. The summed E-state index contributed by atoms with van der Waals surface area (Å²) in [7, 11) is 0. The van der Waals surface area contributed by atoms with Gasteiger partial charge in [0.15, 0.2) is 0 Å². The molecule has 2 aromatic carbocycles. The molecule has 0 unspecified atom stereocenters. The van der Waals surface area contributed by atoms with Crippen LogP contribution in [-0.4, -0.2) is 10.6 Å². The zero-order chi connectivity index (χ0) is 16.4. The van der Waals surface area contributed by atoms with Crippen LogP contribution in [0.5, 0.6) is 5.75 Å². The monoisotopic (exact) mass is 354 g/mol. The summed E-state index contributed by atoms with van der Waals surface area (Å²) in [6.07, 6.45) is 1.66. The number of hydrogen-bond acceptors (Lipinski definition) is 3. The minimum atomic E-state index is -3.73. The first-order valence-corrected chi connectivity index (χ1v) is 7.33. The molecule has 0 bridgehead atoms. The van der Waals surface area contributed by atoms with Crippen LogP contribution >= 0.6 is 23.2 Å². The van der Waals surface area contributed by atoms with Gasteiger partial charge in [-0.05, 0) is 48.5 Å². The van der Waals surface area contributed by atoms with E-state index in [-0.39, 0.29) is 5.75 Å². The van der Waals surface area contributed by atoms with Gasteiger partial charge in [-0.1, -0.05) is 11.6 Å². The van der Waals surface area contributed by atoms with Crippen molar-refractivity contribution in [2.24, 2.45) is 0 Å². The molecule has 0 aliphatic carbocycles. The van der Waals surface area contributed by atoms with E-state index in [1.807, 2.05) is 12.1 Å². The lowest BCUT2D eigenvalue weighted by molar-refractivity contribution is -0.0964. The van der Waals surface area contributed by atoms with Crippen molar-refractivity contribution in [1.82, 2.24) is 4.98 Å². The summed E-state index contributed by atoms with van der Waals surface area (Å²) in [5, 5.41) is 4.69. The van der Waals surface area contributed by atoms with Gasteiger partial charge in [0.2, 0.25) is 0 Å². The molecule has 3 rings (SSSR count). The van der Waals surface area contributed by atoms with Crippen molar-refractivity contribution in [3.05, 3.63) is 59.8 Å². The Morgan fingerprint density at radius 3 is 2.48 bits per heavy atom. The Morgan fingerprint density at radius 2 is 1.78 bits per heavy atom. The average Bonchev–Trinajstić information content (AvgIpc) is 2.48. The molecule has 3 aromatic rings. The number of anilines is 2. The summed E-state index contributed by atoms with van der Waals surface area (Å²) >= 11 is 10.7. The molecular formula is C16H10Cl2F2N2O. The molecular weight excluding hydrogens is 345 g/mol. The minimum Gasteiger partial charge on any atom is -0.420 e. The van der Waals surface area contributed by atoms with Gasteiger partial charge in [-0.3, -0.25) is 4.98 Å². The van der Waals surface area contributed by atoms with Crippen molar-refractivity contribution in [1.29, 1.82) is 0 Å². The molecule has 0 aliphatic rings. The third-order valence-corrected chi connectivity index (χ3v) is 3.38. The predicted molar refractivity (Wildman–Crippen MR) is 87.9 cm³/mol. The van der Waals surface area contributed by atoms with Crippen LogP contribution in [0.2, 0.25) is 5.02 Å². The highest BCUT2D eigenvalue weighted by Gasteiger charge is 2.27. The van der Waals surface area contributed by atoms with E-state index in [9.17, 15) is 8.78 Å². The van der Waals surface area contributed by atoms with E-state index in [1.54, 1.807) is 30.5 Å². The Balaban J connectivity index is 1.85. The highest BCUT2D eigenvalue weighted by Crippen LogP contribution is 2.29. The van der Waals surface area contributed by atoms with Crippen molar-refractivity contribution < 1.29 is 13.5 Å². The molecule has 0 spiro atoms. The molecule has 0 saturated heterocycles. The fourth-order valence-corrected chi connectivity index (χ4v) is 2.38. The van der Waals surface area contributed by atoms with E-state index >= 15 is 0 Å². The summed E-state index contributed by atoms with van der Waals surface area (Å²) in [4.78, 5) is 4.26. The SMILES string of the molecule is FC(F)(Cl)Oc1ccc(Nc2ccnc3cc(Cl)ccc23)cc1. The second-order valence-corrected chi connectivity index (χ2v) is 5.59. The van der Waals surface area contributed by atoms with Crippen LogP contribution in [-0.2, 0) is 0 Å². The number of alkyl halides is 3. The largest absolute Gasteiger partial charge is 0.487 e. The molecule has 0 fully saturated rings. The van der Waals surface area contributed by atoms with E-state index in [2.05, 4.69) is 15.0 Å². The van der Waals surface area contributed by atoms with E-state index in [0.717, 1.165) is 16.6 Å². The lowest BCUT2D eigenvalue weighted by Gasteiger charge is -2.12. The summed E-state index contributed by atoms with van der Waals surface area (Å²) in [5.41, 5.74) is -1.44. The van der Waals surface area contributed by atoms with Crippen LogP contribution in [0.4, 0.5) is 20.2 Å². The van der Waals surface area contributed by atoms with Crippen LogP contribution in [0, 0.1) is 0 Å². The van der Waals surface area contributed by atoms with Crippen molar-refractivity contribution in [2.75, 3.05) is 5.32 Å². The standard InChI is InChI=1S/C16H10Cl2F2N2O/c17-10-1-6-13-14(7-8-21-15(13)9-10)22-11-2-4-12(5-3-11)23-16(18,19)20/h1-9H,(H,21,22). The Kier molecular flexibility index (Phi) is 4.24. The van der Waals surface area contributed by atoms with Crippen molar-refractivity contribution in [3.63, 3.8) is 0 Å².